The van der Waals surface area contributed by atoms with Gasteiger partial charge in [-0.3, -0.25) is 0 Å². The second-order valence-corrected chi connectivity index (χ2v) is 4.25. The van der Waals surface area contributed by atoms with E-state index in [1.165, 1.54) is 6.07 Å². The van der Waals surface area contributed by atoms with Crippen LogP contribution in [0.1, 0.15) is 25.0 Å². The van der Waals surface area contributed by atoms with Gasteiger partial charge in [-0.1, -0.05) is 26.0 Å². The average Bonchev–Trinajstić information content (AvgIpc) is 2.06. The van der Waals surface area contributed by atoms with Crippen LogP contribution in [-0.2, 0) is 6.42 Å². The summed E-state index contributed by atoms with van der Waals surface area (Å²) in [6, 6.07) is 4.79. The van der Waals surface area contributed by atoms with E-state index in [2.05, 4.69) is 18.6 Å². The third kappa shape index (κ3) is 4.13. The van der Waals surface area contributed by atoms with Gasteiger partial charge in [0.25, 0.3) is 0 Å². The largest absolute Gasteiger partial charge is 0.573 e. The van der Waals surface area contributed by atoms with Gasteiger partial charge >= 0.3 is 6.36 Å². The van der Waals surface area contributed by atoms with Gasteiger partial charge in [0.2, 0.25) is 0 Å². The summed E-state index contributed by atoms with van der Waals surface area (Å²) in [6.07, 6.45) is -3.77. The fourth-order valence-corrected chi connectivity index (χ4v) is 1.55. The summed E-state index contributed by atoms with van der Waals surface area (Å²) < 4.78 is 39.9. The fourth-order valence-electron chi connectivity index (χ4n) is 1.55. The quantitative estimate of drug-likeness (QED) is 0.762. The van der Waals surface area contributed by atoms with E-state index in [1.54, 1.807) is 19.1 Å². The first-order valence-electron chi connectivity index (χ1n) is 5.13. The lowest BCUT2D eigenvalue weighted by Crippen LogP contribution is -2.17. The topological polar surface area (TPSA) is 9.23 Å². The Morgan fingerprint density at radius 2 is 1.88 bits per heavy atom. The van der Waals surface area contributed by atoms with Gasteiger partial charge in [0.1, 0.15) is 5.75 Å². The summed E-state index contributed by atoms with van der Waals surface area (Å²) in [7, 11) is 0. The Kier molecular flexibility index (Phi) is 3.83. The third-order valence-corrected chi connectivity index (χ3v) is 2.11. The molecule has 0 aliphatic carbocycles. The molecule has 4 heteroatoms. The van der Waals surface area contributed by atoms with Crippen LogP contribution in [-0.4, -0.2) is 6.36 Å². The summed E-state index contributed by atoms with van der Waals surface area (Å²) in [5.41, 5.74) is 1.54. The molecule has 0 bridgehead atoms. The van der Waals surface area contributed by atoms with Crippen molar-refractivity contribution in [1.82, 2.24) is 0 Å². The van der Waals surface area contributed by atoms with Crippen molar-refractivity contribution in [3.8, 4) is 5.75 Å². The summed E-state index contributed by atoms with van der Waals surface area (Å²) in [5.74, 6) is 0.355. The zero-order valence-electron chi connectivity index (χ0n) is 9.56. The lowest BCUT2D eigenvalue weighted by molar-refractivity contribution is -0.274. The Labute approximate surface area is 93.2 Å². The summed E-state index contributed by atoms with van der Waals surface area (Å²) in [6.45, 7) is 5.75. The van der Waals surface area contributed by atoms with E-state index in [1.807, 2.05) is 0 Å². The van der Waals surface area contributed by atoms with Crippen LogP contribution in [0.25, 0.3) is 0 Å². The maximum atomic E-state index is 12.0. The van der Waals surface area contributed by atoms with Crippen molar-refractivity contribution >= 4 is 0 Å². The number of ether oxygens (including phenoxy) is 1. The van der Waals surface area contributed by atoms with E-state index in [-0.39, 0.29) is 5.75 Å². The van der Waals surface area contributed by atoms with Gasteiger partial charge < -0.3 is 4.74 Å². The zero-order chi connectivity index (χ0) is 12.3. The first-order valence-corrected chi connectivity index (χ1v) is 5.13. The minimum Gasteiger partial charge on any atom is -0.406 e. The van der Waals surface area contributed by atoms with Gasteiger partial charge in [0.05, 0.1) is 0 Å². The Morgan fingerprint density at radius 3 is 2.31 bits per heavy atom. The van der Waals surface area contributed by atoms with Gasteiger partial charge in [0.15, 0.2) is 0 Å². The first kappa shape index (κ1) is 12.9. The molecule has 0 saturated heterocycles. The molecular weight excluding hydrogens is 217 g/mol. The van der Waals surface area contributed by atoms with Crippen LogP contribution < -0.4 is 4.74 Å². The number of halogens is 3. The predicted octanol–water partition coefficient (Wildman–Crippen LogP) is 4.09. The smallest absolute Gasteiger partial charge is 0.406 e. The Morgan fingerprint density at radius 1 is 1.25 bits per heavy atom. The number of rotatable bonds is 3. The van der Waals surface area contributed by atoms with Crippen molar-refractivity contribution in [2.45, 2.75) is 33.6 Å². The molecule has 1 aromatic rings. The maximum Gasteiger partial charge on any atom is 0.573 e. The van der Waals surface area contributed by atoms with E-state index in [0.717, 1.165) is 12.0 Å². The second-order valence-electron chi connectivity index (χ2n) is 4.25. The molecule has 1 aromatic carbocycles. The van der Waals surface area contributed by atoms with E-state index >= 15 is 0 Å². The normalized spacial score (nSPS) is 11.9. The van der Waals surface area contributed by atoms with Crippen LogP contribution >= 0.6 is 0 Å². The van der Waals surface area contributed by atoms with Crippen molar-refractivity contribution < 1.29 is 17.9 Å². The molecule has 0 N–H and O–H groups in total. The van der Waals surface area contributed by atoms with E-state index < -0.39 is 6.36 Å². The van der Waals surface area contributed by atoms with Gasteiger partial charge in [0, 0.05) is 0 Å². The molecule has 0 aromatic heterocycles. The number of alkyl halides is 3. The van der Waals surface area contributed by atoms with Gasteiger partial charge in [-0.2, -0.15) is 0 Å². The lowest BCUT2D eigenvalue weighted by Gasteiger charge is -2.13. The maximum absolute atomic E-state index is 12.0. The molecule has 0 unspecified atom stereocenters. The Balaban J connectivity index is 2.83. The first-order chi connectivity index (χ1) is 7.28. The monoisotopic (exact) mass is 232 g/mol. The second kappa shape index (κ2) is 4.76. The molecule has 90 valence electrons. The predicted molar refractivity (Wildman–Crippen MR) is 56.4 cm³/mol. The highest BCUT2D eigenvalue weighted by molar-refractivity contribution is 5.36. The highest BCUT2D eigenvalue weighted by atomic mass is 19.4. The molecule has 0 fully saturated rings. The lowest BCUT2D eigenvalue weighted by atomic mass is 10.0. The SMILES string of the molecule is Cc1cc(CC(C)C)ccc1OC(F)(F)F. The van der Waals surface area contributed by atoms with Crippen molar-refractivity contribution in [2.24, 2.45) is 5.92 Å². The van der Waals surface area contributed by atoms with Crippen LogP contribution in [0.3, 0.4) is 0 Å². The molecule has 0 spiro atoms. The number of aryl methyl sites for hydroxylation is 1. The fraction of sp³-hybridized carbons (Fsp3) is 0.500. The molecule has 0 aliphatic heterocycles. The minimum atomic E-state index is -4.62. The molecule has 0 amide bonds. The third-order valence-electron chi connectivity index (χ3n) is 2.11. The Hall–Kier alpha value is -1.19. The van der Waals surface area contributed by atoms with Crippen LogP contribution in [0.4, 0.5) is 13.2 Å². The van der Waals surface area contributed by atoms with E-state index in [0.29, 0.717) is 11.5 Å². The number of hydrogen-bond acceptors (Lipinski definition) is 1. The van der Waals surface area contributed by atoms with Crippen LogP contribution in [0.2, 0.25) is 0 Å². The molecule has 0 saturated carbocycles. The van der Waals surface area contributed by atoms with E-state index in [9.17, 15) is 13.2 Å². The summed E-state index contributed by atoms with van der Waals surface area (Å²) >= 11 is 0. The molecule has 0 heterocycles. The number of benzene rings is 1. The molecule has 1 rings (SSSR count). The van der Waals surface area contributed by atoms with Crippen molar-refractivity contribution in [1.29, 1.82) is 0 Å². The molecule has 0 radical (unpaired) electrons. The van der Waals surface area contributed by atoms with Crippen molar-refractivity contribution in [3.63, 3.8) is 0 Å². The summed E-state index contributed by atoms with van der Waals surface area (Å²) in [5, 5.41) is 0. The molecule has 0 aliphatic rings. The van der Waals surface area contributed by atoms with Crippen LogP contribution in [0.15, 0.2) is 18.2 Å². The average molecular weight is 232 g/mol. The van der Waals surface area contributed by atoms with Gasteiger partial charge in [-0.15, -0.1) is 13.2 Å². The van der Waals surface area contributed by atoms with Crippen molar-refractivity contribution in [3.05, 3.63) is 29.3 Å². The van der Waals surface area contributed by atoms with Crippen LogP contribution in [0, 0.1) is 12.8 Å². The standard InChI is InChI=1S/C12H15F3O/c1-8(2)6-10-4-5-11(9(3)7-10)16-12(13,14)15/h4-5,7-8H,6H2,1-3H3. The van der Waals surface area contributed by atoms with Crippen molar-refractivity contribution in [2.75, 3.05) is 0 Å². The zero-order valence-corrected chi connectivity index (χ0v) is 9.56. The minimum absolute atomic E-state index is 0.125. The molecule has 1 nitrogen and oxygen atoms in total. The summed E-state index contributed by atoms with van der Waals surface area (Å²) in [4.78, 5) is 0. The highest BCUT2D eigenvalue weighted by Crippen LogP contribution is 2.27. The Bertz CT molecular complexity index is 356. The van der Waals surface area contributed by atoms with Gasteiger partial charge in [-0.25, -0.2) is 0 Å². The van der Waals surface area contributed by atoms with E-state index in [4.69, 9.17) is 0 Å². The number of hydrogen-bond donors (Lipinski definition) is 0. The highest BCUT2D eigenvalue weighted by Gasteiger charge is 2.31. The molecule has 0 atom stereocenters. The van der Waals surface area contributed by atoms with Gasteiger partial charge in [-0.05, 0) is 36.5 Å². The molecular formula is C12H15F3O. The molecule has 16 heavy (non-hydrogen) atoms. The van der Waals surface area contributed by atoms with Crippen LogP contribution in [0.5, 0.6) is 5.75 Å².